The Morgan fingerprint density at radius 3 is 2.50 bits per heavy atom. The summed E-state index contributed by atoms with van der Waals surface area (Å²) in [6.07, 6.45) is 3.54. The van der Waals surface area contributed by atoms with E-state index in [1.165, 1.54) is 12.8 Å². The zero-order chi connectivity index (χ0) is 7.14. The van der Waals surface area contributed by atoms with Crippen LogP contribution in [0.3, 0.4) is 0 Å². The van der Waals surface area contributed by atoms with Crippen molar-refractivity contribution in [1.82, 2.24) is 0 Å². The van der Waals surface area contributed by atoms with Gasteiger partial charge in [-0.2, -0.15) is 0 Å². The molecule has 0 unspecified atom stereocenters. The number of aliphatic hydroxyl groups is 1. The minimum Gasteiger partial charge on any atom is -0.393 e. The van der Waals surface area contributed by atoms with Crippen LogP contribution in [0, 0.1) is 17.8 Å². The molecule has 2 heteroatoms. The Balaban J connectivity index is 2.06. The van der Waals surface area contributed by atoms with Gasteiger partial charge in [-0.05, 0) is 43.6 Å². The average Bonchev–Trinajstić information content (AvgIpc) is 2.44. The molecule has 0 aromatic rings. The summed E-state index contributed by atoms with van der Waals surface area (Å²) in [6, 6.07) is 0. The molecule has 2 saturated carbocycles. The van der Waals surface area contributed by atoms with Crippen molar-refractivity contribution in [2.75, 3.05) is 6.54 Å². The predicted octanol–water partition coefficient (Wildman–Crippen LogP) is 0.352. The Hall–Kier alpha value is -0.0800. The summed E-state index contributed by atoms with van der Waals surface area (Å²) >= 11 is 0. The monoisotopic (exact) mass is 141 g/mol. The van der Waals surface area contributed by atoms with E-state index in [2.05, 4.69) is 0 Å². The molecule has 2 rings (SSSR count). The van der Waals surface area contributed by atoms with Crippen LogP contribution in [0.25, 0.3) is 0 Å². The third kappa shape index (κ3) is 0.789. The van der Waals surface area contributed by atoms with Gasteiger partial charge in [0.05, 0.1) is 6.10 Å². The smallest absolute Gasteiger partial charge is 0.0574 e. The van der Waals surface area contributed by atoms with Gasteiger partial charge in [-0.1, -0.05) is 0 Å². The van der Waals surface area contributed by atoms with E-state index in [1.807, 2.05) is 0 Å². The van der Waals surface area contributed by atoms with E-state index < -0.39 is 0 Å². The van der Waals surface area contributed by atoms with Crippen molar-refractivity contribution in [3.8, 4) is 0 Å². The van der Waals surface area contributed by atoms with E-state index in [4.69, 9.17) is 5.73 Å². The van der Waals surface area contributed by atoms with Gasteiger partial charge in [0, 0.05) is 0 Å². The molecule has 4 atom stereocenters. The number of fused-ring (bicyclic) bond motifs is 2. The molecule has 0 spiro atoms. The molecule has 3 N–H and O–H groups in total. The Bertz CT molecular complexity index is 135. The van der Waals surface area contributed by atoms with E-state index in [-0.39, 0.29) is 6.10 Å². The molecular weight excluding hydrogens is 126 g/mol. The second-order valence-corrected chi connectivity index (χ2v) is 3.80. The standard InChI is InChI=1S/C8H15NO/c9-4-6-1-5-2-7(6)8(10)3-5/h5-8,10H,1-4,9H2/t5-,6+,7-,8+/m0/s1. The minimum atomic E-state index is -0.0210. The lowest BCUT2D eigenvalue weighted by molar-refractivity contribution is 0.0835. The molecule has 2 aliphatic carbocycles. The number of rotatable bonds is 1. The van der Waals surface area contributed by atoms with E-state index >= 15 is 0 Å². The van der Waals surface area contributed by atoms with Crippen LogP contribution in [0.4, 0.5) is 0 Å². The van der Waals surface area contributed by atoms with Crippen molar-refractivity contribution >= 4 is 0 Å². The summed E-state index contributed by atoms with van der Waals surface area (Å²) in [6.45, 7) is 0.776. The summed E-state index contributed by atoms with van der Waals surface area (Å²) in [5.41, 5.74) is 5.57. The Morgan fingerprint density at radius 1 is 1.30 bits per heavy atom. The molecule has 0 aromatic carbocycles. The Labute approximate surface area is 61.4 Å². The maximum absolute atomic E-state index is 9.47. The van der Waals surface area contributed by atoms with Crippen molar-refractivity contribution < 1.29 is 5.11 Å². The lowest BCUT2D eigenvalue weighted by Gasteiger charge is -2.24. The largest absolute Gasteiger partial charge is 0.393 e. The zero-order valence-electron chi connectivity index (χ0n) is 6.16. The Kier molecular flexibility index (Phi) is 1.46. The third-order valence-electron chi connectivity index (χ3n) is 3.22. The maximum atomic E-state index is 9.47. The molecule has 2 bridgehead atoms. The highest BCUT2D eigenvalue weighted by Gasteiger charge is 2.44. The van der Waals surface area contributed by atoms with Gasteiger partial charge in [0.25, 0.3) is 0 Å². The number of nitrogens with two attached hydrogens (primary N) is 1. The molecule has 0 amide bonds. The summed E-state index contributed by atoms with van der Waals surface area (Å²) in [5, 5.41) is 9.47. The highest BCUT2D eigenvalue weighted by atomic mass is 16.3. The van der Waals surface area contributed by atoms with Crippen molar-refractivity contribution in [1.29, 1.82) is 0 Å². The second kappa shape index (κ2) is 2.21. The highest BCUT2D eigenvalue weighted by molar-refractivity contribution is 4.95. The van der Waals surface area contributed by atoms with Crippen LogP contribution in [-0.4, -0.2) is 17.8 Å². The first-order valence-corrected chi connectivity index (χ1v) is 4.19. The van der Waals surface area contributed by atoms with Crippen molar-refractivity contribution in [3.05, 3.63) is 0 Å². The topological polar surface area (TPSA) is 46.2 Å². The van der Waals surface area contributed by atoms with Gasteiger partial charge in [0.15, 0.2) is 0 Å². The van der Waals surface area contributed by atoms with Crippen LogP contribution in [0.15, 0.2) is 0 Å². The predicted molar refractivity (Wildman–Crippen MR) is 39.4 cm³/mol. The minimum absolute atomic E-state index is 0.0210. The number of hydrogen-bond donors (Lipinski definition) is 2. The van der Waals surface area contributed by atoms with Crippen molar-refractivity contribution in [2.45, 2.75) is 25.4 Å². The first-order chi connectivity index (χ1) is 4.81. The molecule has 2 aliphatic rings. The fraction of sp³-hybridized carbons (Fsp3) is 1.00. The van der Waals surface area contributed by atoms with Gasteiger partial charge in [-0.3, -0.25) is 0 Å². The fourth-order valence-electron chi connectivity index (χ4n) is 2.73. The second-order valence-electron chi connectivity index (χ2n) is 3.80. The SMILES string of the molecule is NC[C@H]1C[C@H]2C[C@@H]1[C@H](O)C2. The van der Waals surface area contributed by atoms with Gasteiger partial charge in [0.1, 0.15) is 0 Å². The zero-order valence-corrected chi connectivity index (χ0v) is 6.16. The van der Waals surface area contributed by atoms with Crippen LogP contribution in [0.2, 0.25) is 0 Å². The summed E-state index contributed by atoms with van der Waals surface area (Å²) in [5.74, 6) is 1.98. The van der Waals surface area contributed by atoms with Crippen LogP contribution in [-0.2, 0) is 0 Å². The summed E-state index contributed by atoms with van der Waals surface area (Å²) in [4.78, 5) is 0. The molecule has 0 aromatic heterocycles. The van der Waals surface area contributed by atoms with E-state index in [1.54, 1.807) is 0 Å². The van der Waals surface area contributed by atoms with Crippen molar-refractivity contribution in [2.24, 2.45) is 23.5 Å². The summed E-state index contributed by atoms with van der Waals surface area (Å²) < 4.78 is 0. The number of hydrogen-bond acceptors (Lipinski definition) is 2. The molecule has 2 fully saturated rings. The fourth-order valence-corrected chi connectivity index (χ4v) is 2.73. The van der Waals surface area contributed by atoms with E-state index in [0.717, 1.165) is 18.9 Å². The van der Waals surface area contributed by atoms with Gasteiger partial charge >= 0.3 is 0 Å². The van der Waals surface area contributed by atoms with Crippen LogP contribution >= 0.6 is 0 Å². The maximum Gasteiger partial charge on any atom is 0.0574 e. The molecule has 0 heterocycles. The highest BCUT2D eigenvalue weighted by Crippen LogP contribution is 2.47. The molecule has 0 saturated heterocycles. The van der Waals surface area contributed by atoms with Crippen LogP contribution in [0.5, 0.6) is 0 Å². The first-order valence-electron chi connectivity index (χ1n) is 4.19. The van der Waals surface area contributed by atoms with Gasteiger partial charge in [-0.15, -0.1) is 0 Å². The quantitative estimate of drug-likeness (QED) is 0.553. The lowest BCUT2D eigenvalue weighted by atomic mass is 9.87. The first kappa shape index (κ1) is 6.62. The average molecular weight is 141 g/mol. The van der Waals surface area contributed by atoms with Crippen LogP contribution in [0.1, 0.15) is 19.3 Å². The summed E-state index contributed by atoms with van der Waals surface area (Å²) in [7, 11) is 0. The van der Waals surface area contributed by atoms with Gasteiger partial charge < -0.3 is 10.8 Å². The number of aliphatic hydroxyl groups excluding tert-OH is 1. The molecule has 2 nitrogen and oxygen atoms in total. The van der Waals surface area contributed by atoms with Crippen molar-refractivity contribution in [3.63, 3.8) is 0 Å². The molecule has 0 radical (unpaired) electrons. The Morgan fingerprint density at radius 2 is 2.10 bits per heavy atom. The molecular formula is C8H15NO. The molecule has 58 valence electrons. The van der Waals surface area contributed by atoms with Gasteiger partial charge in [0.2, 0.25) is 0 Å². The van der Waals surface area contributed by atoms with E-state index in [0.29, 0.717) is 11.8 Å². The third-order valence-corrected chi connectivity index (χ3v) is 3.22. The molecule has 0 aliphatic heterocycles. The van der Waals surface area contributed by atoms with Gasteiger partial charge in [-0.25, -0.2) is 0 Å². The molecule has 10 heavy (non-hydrogen) atoms. The van der Waals surface area contributed by atoms with Crippen LogP contribution < -0.4 is 5.73 Å². The van der Waals surface area contributed by atoms with E-state index in [9.17, 15) is 5.11 Å². The normalized spacial score (nSPS) is 52.2. The lowest BCUT2D eigenvalue weighted by Crippen LogP contribution is -2.29.